The number of aliphatic carboxylic acids is 1. The number of rotatable bonds is 10. The zero-order valence-corrected chi connectivity index (χ0v) is 16.6. The van der Waals surface area contributed by atoms with Crippen LogP contribution in [0, 0.1) is 11.8 Å². The summed E-state index contributed by atoms with van der Waals surface area (Å²) in [6.45, 7) is 2.05. The fourth-order valence-corrected chi connectivity index (χ4v) is 4.49. The van der Waals surface area contributed by atoms with Gasteiger partial charge in [0.1, 0.15) is 0 Å². The van der Waals surface area contributed by atoms with Crippen molar-refractivity contribution in [1.29, 1.82) is 0 Å². The highest BCUT2D eigenvalue weighted by Crippen LogP contribution is 2.46. The first kappa shape index (κ1) is 20.8. The summed E-state index contributed by atoms with van der Waals surface area (Å²) in [7, 11) is 0. The Hall–Kier alpha value is -1.91. The molecule has 0 aliphatic carbocycles. The number of aliphatic hydroxyl groups excluding tert-OH is 1. The minimum atomic E-state index is -0.733. The van der Waals surface area contributed by atoms with Crippen molar-refractivity contribution in [3.8, 4) is 0 Å². The van der Waals surface area contributed by atoms with Gasteiger partial charge in [-0.1, -0.05) is 61.6 Å². The van der Waals surface area contributed by atoms with Crippen LogP contribution in [0.3, 0.4) is 0 Å². The topological polar surface area (TPSA) is 66.8 Å². The number of hydrogen-bond acceptors (Lipinski definition) is 3. The summed E-state index contributed by atoms with van der Waals surface area (Å²) in [4.78, 5) is 10.6. The van der Waals surface area contributed by atoms with E-state index in [1.807, 2.05) is 24.3 Å². The predicted molar refractivity (Wildman–Crippen MR) is 110 cm³/mol. The molecule has 2 saturated heterocycles. The Balaban J connectivity index is 1.54. The zero-order chi connectivity index (χ0) is 19.9. The van der Waals surface area contributed by atoms with Crippen molar-refractivity contribution >= 4 is 5.97 Å². The van der Waals surface area contributed by atoms with Crippen molar-refractivity contribution in [3.63, 3.8) is 0 Å². The molecule has 152 valence electrons. The summed E-state index contributed by atoms with van der Waals surface area (Å²) in [5.41, 5.74) is 1.14. The zero-order valence-electron chi connectivity index (χ0n) is 16.6. The number of carbonyl (C=O) groups is 1. The molecular weight excluding hydrogens is 352 g/mol. The number of unbranched alkanes of at least 4 members (excludes halogenated alkanes) is 1. The second kappa shape index (κ2) is 10.0. The molecule has 28 heavy (non-hydrogen) atoms. The monoisotopic (exact) mass is 384 g/mol. The van der Waals surface area contributed by atoms with Crippen LogP contribution in [-0.2, 0) is 9.53 Å². The summed E-state index contributed by atoms with van der Waals surface area (Å²) < 4.78 is 6.14. The SMILES string of the molecule is CC(c1ccccc1)C(O)/C=C/[C@@H]1[C@H](C/C=C\CCCC(=O)O)[C@H]2CC[C@@H]1O2. The van der Waals surface area contributed by atoms with E-state index >= 15 is 0 Å². The number of carboxylic acids is 1. The molecule has 6 atom stereocenters. The van der Waals surface area contributed by atoms with E-state index in [2.05, 4.69) is 37.3 Å². The lowest BCUT2D eigenvalue weighted by molar-refractivity contribution is -0.137. The lowest BCUT2D eigenvalue weighted by Gasteiger charge is -2.25. The Morgan fingerprint density at radius 3 is 2.71 bits per heavy atom. The molecule has 2 aliphatic heterocycles. The third-order valence-corrected chi connectivity index (χ3v) is 6.19. The number of fused-ring (bicyclic) bond motifs is 2. The van der Waals surface area contributed by atoms with Gasteiger partial charge in [0.25, 0.3) is 0 Å². The van der Waals surface area contributed by atoms with Crippen LogP contribution in [-0.4, -0.2) is 34.5 Å². The van der Waals surface area contributed by atoms with E-state index < -0.39 is 12.1 Å². The molecule has 2 bridgehead atoms. The van der Waals surface area contributed by atoms with E-state index in [0.29, 0.717) is 24.4 Å². The molecule has 0 spiro atoms. The van der Waals surface area contributed by atoms with Gasteiger partial charge in [-0.15, -0.1) is 0 Å². The van der Waals surface area contributed by atoms with Gasteiger partial charge in [0.15, 0.2) is 0 Å². The summed E-state index contributed by atoms with van der Waals surface area (Å²) in [5, 5.41) is 19.3. The standard InChI is InChI=1S/C24H32O4/c1-17(18-9-5-4-6-10-18)21(25)14-13-20-19(22-15-16-23(20)28-22)11-7-2-3-8-12-24(26)27/h2,4-7,9-10,13-14,17,19-23,25H,3,8,11-12,15-16H2,1H3,(H,26,27)/b7-2-,14-13+/t17?,19-,20+,21?,22+,23-/m0/s1. The van der Waals surface area contributed by atoms with Gasteiger partial charge in [-0.2, -0.15) is 0 Å². The summed E-state index contributed by atoms with van der Waals surface area (Å²) in [6, 6.07) is 10.1. The predicted octanol–water partition coefficient (Wildman–Crippen LogP) is 4.70. The fraction of sp³-hybridized carbons (Fsp3) is 0.542. The molecule has 2 fully saturated rings. The van der Waals surface area contributed by atoms with Crippen LogP contribution in [0.25, 0.3) is 0 Å². The Morgan fingerprint density at radius 2 is 1.96 bits per heavy atom. The van der Waals surface area contributed by atoms with Crippen molar-refractivity contribution in [3.05, 3.63) is 60.2 Å². The molecule has 1 aromatic carbocycles. The smallest absolute Gasteiger partial charge is 0.303 e. The summed E-state index contributed by atoms with van der Waals surface area (Å²) in [6.07, 6.45) is 13.4. The Morgan fingerprint density at radius 1 is 1.21 bits per heavy atom. The first-order chi connectivity index (χ1) is 13.6. The third kappa shape index (κ3) is 5.33. The van der Waals surface area contributed by atoms with Crippen LogP contribution >= 0.6 is 0 Å². The van der Waals surface area contributed by atoms with Crippen molar-refractivity contribution in [2.24, 2.45) is 11.8 Å². The summed E-state index contributed by atoms with van der Waals surface area (Å²) in [5.74, 6) is 0.123. The van der Waals surface area contributed by atoms with E-state index in [1.54, 1.807) is 0 Å². The molecule has 0 saturated carbocycles. The molecular formula is C24H32O4. The van der Waals surface area contributed by atoms with Crippen LogP contribution in [0.1, 0.15) is 56.9 Å². The van der Waals surface area contributed by atoms with Gasteiger partial charge in [-0.25, -0.2) is 0 Å². The molecule has 3 rings (SSSR count). The molecule has 2 unspecified atom stereocenters. The molecule has 4 nitrogen and oxygen atoms in total. The lowest BCUT2D eigenvalue weighted by atomic mass is 9.77. The van der Waals surface area contributed by atoms with Crippen molar-refractivity contribution in [1.82, 2.24) is 0 Å². The van der Waals surface area contributed by atoms with E-state index in [0.717, 1.165) is 31.2 Å². The number of carboxylic acid groups (broad SMARTS) is 1. The molecule has 0 radical (unpaired) electrons. The van der Waals surface area contributed by atoms with Gasteiger partial charge in [-0.05, 0) is 43.6 Å². The van der Waals surface area contributed by atoms with Crippen molar-refractivity contribution in [2.75, 3.05) is 0 Å². The molecule has 2 aliphatic rings. The quantitative estimate of drug-likeness (QED) is 0.453. The highest BCUT2D eigenvalue weighted by atomic mass is 16.5. The van der Waals surface area contributed by atoms with Crippen LogP contribution in [0.2, 0.25) is 0 Å². The van der Waals surface area contributed by atoms with E-state index in [-0.39, 0.29) is 18.4 Å². The van der Waals surface area contributed by atoms with Crippen molar-refractivity contribution in [2.45, 2.75) is 69.7 Å². The second-order valence-corrected chi connectivity index (χ2v) is 8.10. The summed E-state index contributed by atoms with van der Waals surface area (Å²) >= 11 is 0. The molecule has 0 aromatic heterocycles. The average Bonchev–Trinajstić information content (AvgIpc) is 3.30. The van der Waals surface area contributed by atoms with Crippen LogP contribution < -0.4 is 0 Å². The van der Waals surface area contributed by atoms with Gasteiger partial charge in [0, 0.05) is 18.3 Å². The first-order valence-corrected chi connectivity index (χ1v) is 10.5. The van der Waals surface area contributed by atoms with Gasteiger partial charge >= 0.3 is 5.97 Å². The minimum Gasteiger partial charge on any atom is -0.481 e. The van der Waals surface area contributed by atoms with E-state index in [9.17, 15) is 9.90 Å². The number of allylic oxidation sites excluding steroid dienone is 2. The Labute approximate surface area is 167 Å². The normalized spacial score (nSPS) is 28.9. The van der Waals surface area contributed by atoms with Gasteiger partial charge in [0.05, 0.1) is 18.3 Å². The third-order valence-electron chi connectivity index (χ3n) is 6.19. The highest BCUT2D eigenvalue weighted by molar-refractivity contribution is 5.66. The molecule has 4 heteroatoms. The fourth-order valence-electron chi connectivity index (χ4n) is 4.49. The number of benzene rings is 1. The van der Waals surface area contributed by atoms with E-state index in [4.69, 9.17) is 9.84 Å². The van der Waals surface area contributed by atoms with Crippen LogP contribution in [0.4, 0.5) is 0 Å². The highest BCUT2D eigenvalue weighted by Gasteiger charge is 2.46. The number of hydrogen-bond donors (Lipinski definition) is 2. The largest absolute Gasteiger partial charge is 0.481 e. The molecule has 1 aromatic rings. The van der Waals surface area contributed by atoms with Crippen molar-refractivity contribution < 1.29 is 19.7 Å². The maximum absolute atomic E-state index is 10.6. The number of ether oxygens (including phenoxy) is 1. The van der Waals surface area contributed by atoms with Gasteiger partial charge < -0.3 is 14.9 Å². The van der Waals surface area contributed by atoms with Crippen LogP contribution in [0.15, 0.2) is 54.6 Å². The minimum absolute atomic E-state index is 0.0598. The number of aliphatic hydroxyl groups is 1. The first-order valence-electron chi connectivity index (χ1n) is 10.5. The lowest BCUT2D eigenvalue weighted by Crippen LogP contribution is -2.26. The average molecular weight is 385 g/mol. The van der Waals surface area contributed by atoms with Gasteiger partial charge in [0.2, 0.25) is 0 Å². The molecule has 0 amide bonds. The van der Waals surface area contributed by atoms with E-state index in [1.165, 1.54) is 0 Å². The van der Waals surface area contributed by atoms with Gasteiger partial charge in [-0.3, -0.25) is 4.79 Å². The maximum Gasteiger partial charge on any atom is 0.303 e. The Bertz CT molecular complexity index is 681. The molecule has 2 N–H and O–H groups in total. The maximum atomic E-state index is 10.6. The Kier molecular flexibility index (Phi) is 7.46. The van der Waals surface area contributed by atoms with Crippen LogP contribution in [0.5, 0.6) is 0 Å². The second-order valence-electron chi connectivity index (χ2n) is 8.10. The molecule has 2 heterocycles.